The molecular formula is C23H37IN4O4. The lowest BCUT2D eigenvalue weighted by Crippen LogP contribution is -2.45. The number of amides is 1. The number of halogens is 1. The van der Waals surface area contributed by atoms with E-state index in [1.165, 1.54) is 12.8 Å². The van der Waals surface area contributed by atoms with Gasteiger partial charge in [-0.2, -0.15) is 0 Å². The van der Waals surface area contributed by atoms with Crippen LogP contribution in [0, 0.1) is 0 Å². The Morgan fingerprint density at radius 3 is 2.62 bits per heavy atom. The second kappa shape index (κ2) is 13.7. The van der Waals surface area contributed by atoms with Crippen LogP contribution in [0.5, 0.6) is 11.5 Å². The molecule has 8 nitrogen and oxygen atoms in total. The Morgan fingerprint density at radius 2 is 1.97 bits per heavy atom. The van der Waals surface area contributed by atoms with Crippen molar-refractivity contribution >= 4 is 35.8 Å². The lowest BCUT2D eigenvalue weighted by atomic mass is 10.2. The molecule has 0 aromatic heterocycles. The molecule has 32 heavy (non-hydrogen) atoms. The third-order valence-electron chi connectivity index (χ3n) is 5.70. The van der Waals surface area contributed by atoms with Crippen molar-refractivity contribution in [1.82, 2.24) is 15.5 Å². The Bertz CT molecular complexity index is 748. The third-order valence-corrected chi connectivity index (χ3v) is 5.70. The number of aliphatic imine (C=N–C) groups is 1. The molecule has 9 heteroatoms. The number of nitrogens with one attached hydrogen (secondary N) is 2. The normalized spacial score (nSPS) is 18.7. The Kier molecular flexibility index (Phi) is 11.4. The third kappa shape index (κ3) is 8.31. The molecule has 2 fully saturated rings. The van der Waals surface area contributed by atoms with Crippen LogP contribution in [-0.2, 0) is 16.1 Å². The van der Waals surface area contributed by atoms with Gasteiger partial charge in [0, 0.05) is 38.9 Å². The zero-order chi connectivity index (χ0) is 22.1. The summed E-state index contributed by atoms with van der Waals surface area (Å²) in [6.07, 6.45) is 7.15. The first-order valence-electron chi connectivity index (χ1n) is 11.2. The monoisotopic (exact) mass is 560 g/mol. The van der Waals surface area contributed by atoms with Gasteiger partial charge in [0.2, 0.25) is 5.91 Å². The minimum absolute atomic E-state index is 0. The summed E-state index contributed by atoms with van der Waals surface area (Å²) in [5.74, 6) is 2.17. The second-order valence-electron chi connectivity index (χ2n) is 8.32. The van der Waals surface area contributed by atoms with E-state index in [1.807, 2.05) is 18.2 Å². The first kappa shape index (κ1) is 26.5. The van der Waals surface area contributed by atoms with Crippen LogP contribution in [0.3, 0.4) is 0 Å². The predicted octanol–water partition coefficient (Wildman–Crippen LogP) is 2.94. The number of carbonyl (C=O) groups is 1. The van der Waals surface area contributed by atoms with Crippen LogP contribution in [0.4, 0.5) is 0 Å². The van der Waals surface area contributed by atoms with Crippen LogP contribution in [-0.4, -0.2) is 69.9 Å². The fourth-order valence-corrected chi connectivity index (χ4v) is 3.76. The SMILES string of the molecule is COc1ccc(CN=C(NCC(=O)N(C)C)NCC2CCCO2)c(OC2CCCC2)c1.I. The van der Waals surface area contributed by atoms with E-state index < -0.39 is 0 Å². The molecule has 180 valence electrons. The van der Waals surface area contributed by atoms with Crippen molar-refractivity contribution in [2.24, 2.45) is 4.99 Å². The Balaban J connectivity index is 0.00000363. The van der Waals surface area contributed by atoms with Gasteiger partial charge in [0.15, 0.2) is 5.96 Å². The minimum atomic E-state index is -0.0127. The van der Waals surface area contributed by atoms with E-state index in [1.54, 1.807) is 26.1 Å². The number of guanidine groups is 1. The second-order valence-corrected chi connectivity index (χ2v) is 8.32. The van der Waals surface area contributed by atoms with E-state index in [2.05, 4.69) is 10.6 Å². The first-order chi connectivity index (χ1) is 15.0. The van der Waals surface area contributed by atoms with Gasteiger partial charge in [-0.1, -0.05) is 0 Å². The summed E-state index contributed by atoms with van der Waals surface area (Å²) in [6.45, 7) is 2.08. The zero-order valence-electron chi connectivity index (χ0n) is 19.4. The van der Waals surface area contributed by atoms with Crippen molar-refractivity contribution in [2.75, 3.05) is 40.9 Å². The summed E-state index contributed by atoms with van der Waals surface area (Å²) < 4.78 is 17.4. The number of rotatable bonds is 9. The molecule has 3 rings (SSSR count). The van der Waals surface area contributed by atoms with E-state index in [9.17, 15) is 4.79 Å². The van der Waals surface area contributed by atoms with Crippen molar-refractivity contribution in [3.05, 3.63) is 23.8 Å². The summed E-state index contributed by atoms with van der Waals surface area (Å²) >= 11 is 0. The number of nitrogens with zero attached hydrogens (tertiary/aromatic N) is 2. The van der Waals surface area contributed by atoms with E-state index >= 15 is 0 Å². The molecule has 1 aliphatic carbocycles. The van der Waals surface area contributed by atoms with Crippen LogP contribution >= 0.6 is 24.0 Å². The number of likely N-dealkylation sites (N-methyl/N-ethyl adjacent to an activating group) is 1. The van der Waals surface area contributed by atoms with Crippen molar-refractivity contribution in [1.29, 1.82) is 0 Å². The van der Waals surface area contributed by atoms with Gasteiger partial charge in [-0.25, -0.2) is 4.99 Å². The smallest absolute Gasteiger partial charge is 0.241 e. The van der Waals surface area contributed by atoms with Crippen molar-refractivity contribution in [2.45, 2.75) is 57.3 Å². The Hall–Kier alpha value is -1.75. The van der Waals surface area contributed by atoms with E-state index in [0.717, 1.165) is 49.4 Å². The highest BCUT2D eigenvalue weighted by molar-refractivity contribution is 14.0. The quantitative estimate of drug-likeness (QED) is 0.275. The minimum Gasteiger partial charge on any atom is -0.497 e. The van der Waals surface area contributed by atoms with Crippen LogP contribution in [0.15, 0.2) is 23.2 Å². The lowest BCUT2D eigenvalue weighted by molar-refractivity contribution is -0.127. The first-order valence-corrected chi connectivity index (χ1v) is 11.2. The summed E-state index contributed by atoms with van der Waals surface area (Å²) in [6, 6.07) is 5.86. The molecule has 0 radical (unpaired) electrons. The fourth-order valence-electron chi connectivity index (χ4n) is 3.76. The fraction of sp³-hybridized carbons (Fsp3) is 0.652. The summed E-state index contributed by atoms with van der Waals surface area (Å²) in [4.78, 5) is 18.3. The maximum Gasteiger partial charge on any atom is 0.241 e. The largest absolute Gasteiger partial charge is 0.497 e. The van der Waals surface area contributed by atoms with Gasteiger partial charge >= 0.3 is 0 Å². The van der Waals surface area contributed by atoms with Crippen molar-refractivity contribution in [3.63, 3.8) is 0 Å². The van der Waals surface area contributed by atoms with Gasteiger partial charge in [0.1, 0.15) is 11.5 Å². The molecule has 1 atom stereocenters. The maximum atomic E-state index is 12.0. The van der Waals surface area contributed by atoms with Gasteiger partial charge in [0.25, 0.3) is 0 Å². The van der Waals surface area contributed by atoms with Crippen LogP contribution in [0.1, 0.15) is 44.1 Å². The number of hydrogen-bond donors (Lipinski definition) is 2. The van der Waals surface area contributed by atoms with Gasteiger partial charge in [-0.15, -0.1) is 24.0 Å². The highest BCUT2D eigenvalue weighted by Crippen LogP contribution is 2.30. The average molecular weight is 560 g/mol. The van der Waals surface area contributed by atoms with Crippen LogP contribution < -0.4 is 20.1 Å². The molecule has 1 aromatic carbocycles. The summed E-state index contributed by atoms with van der Waals surface area (Å²) in [5.41, 5.74) is 0.991. The number of methoxy groups -OCH3 is 1. The molecule has 2 N–H and O–H groups in total. The molecule has 1 aliphatic heterocycles. The number of carbonyl (C=O) groups excluding carboxylic acids is 1. The Labute approximate surface area is 208 Å². The molecule has 1 unspecified atom stereocenters. The van der Waals surface area contributed by atoms with Gasteiger partial charge in [-0.05, 0) is 50.7 Å². The predicted molar refractivity (Wildman–Crippen MR) is 136 cm³/mol. The van der Waals surface area contributed by atoms with Crippen molar-refractivity contribution < 1.29 is 19.0 Å². The van der Waals surface area contributed by atoms with Gasteiger partial charge in [-0.3, -0.25) is 4.79 Å². The summed E-state index contributed by atoms with van der Waals surface area (Å²) in [7, 11) is 5.14. The molecule has 1 saturated heterocycles. The van der Waals surface area contributed by atoms with Crippen LogP contribution in [0.2, 0.25) is 0 Å². The molecular weight excluding hydrogens is 523 g/mol. The van der Waals surface area contributed by atoms with E-state index in [0.29, 0.717) is 19.0 Å². The standard InChI is InChI=1S/C23H36N4O4.HI/c1-27(2)22(28)16-26-23(25-15-20-9-6-12-30-20)24-14-17-10-11-19(29-3)13-21(17)31-18-7-4-5-8-18;/h10-11,13,18,20H,4-9,12,14-16H2,1-3H3,(H2,24,25,26);1H. The maximum absolute atomic E-state index is 12.0. The average Bonchev–Trinajstić information content (AvgIpc) is 3.47. The number of hydrogen-bond acceptors (Lipinski definition) is 5. The van der Waals surface area contributed by atoms with E-state index in [4.69, 9.17) is 19.2 Å². The molecule has 0 bridgehead atoms. The molecule has 0 spiro atoms. The molecule has 1 saturated carbocycles. The van der Waals surface area contributed by atoms with E-state index in [-0.39, 0.29) is 48.6 Å². The molecule has 1 heterocycles. The van der Waals surface area contributed by atoms with Crippen LogP contribution in [0.25, 0.3) is 0 Å². The highest BCUT2D eigenvalue weighted by Gasteiger charge is 2.19. The summed E-state index contributed by atoms with van der Waals surface area (Å²) in [5, 5.41) is 6.46. The Morgan fingerprint density at radius 1 is 1.19 bits per heavy atom. The van der Waals surface area contributed by atoms with Gasteiger partial charge in [0.05, 0.1) is 32.4 Å². The number of ether oxygens (including phenoxy) is 3. The number of benzene rings is 1. The lowest BCUT2D eigenvalue weighted by Gasteiger charge is -2.18. The molecule has 2 aliphatic rings. The molecule has 1 aromatic rings. The topological polar surface area (TPSA) is 84.4 Å². The van der Waals surface area contributed by atoms with Gasteiger partial charge < -0.3 is 29.7 Å². The highest BCUT2D eigenvalue weighted by atomic mass is 127. The van der Waals surface area contributed by atoms with Crippen molar-refractivity contribution in [3.8, 4) is 11.5 Å². The molecule has 1 amide bonds. The zero-order valence-corrected chi connectivity index (χ0v) is 21.7.